The molecule has 8 heteroatoms. The summed E-state index contributed by atoms with van der Waals surface area (Å²) in [4.78, 5) is 27.1. The van der Waals surface area contributed by atoms with Gasteiger partial charge in [-0.05, 0) is 31.7 Å². The molecular weight excluding hydrogens is 374 g/mol. The van der Waals surface area contributed by atoms with Gasteiger partial charge in [0.2, 0.25) is 11.8 Å². The number of nitrogens with one attached hydrogen (secondary N) is 2. The van der Waals surface area contributed by atoms with E-state index in [1.54, 1.807) is 14.2 Å². The summed E-state index contributed by atoms with van der Waals surface area (Å²) in [6, 6.07) is 5.20. The van der Waals surface area contributed by atoms with E-state index in [0.29, 0.717) is 44.0 Å². The summed E-state index contributed by atoms with van der Waals surface area (Å²) < 4.78 is 10.9. The zero-order chi connectivity index (χ0) is 20.8. The molecule has 160 valence electrons. The zero-order valence-corrected chi connectivity index (χ0v) is 17.1. The normalized spacial score (nSPS) is 25.2. The molecule has 1 aliphatic heterocycles. The van der Waals surface area contributed by atoms with Crippen LogP contribution in [0.5, 0.6) is 11.5 Å². The van der Waals surface area contributed by atoms with Crippen LogP contribution in [0.4, 0.5) is 0 Å². The number of methoxy groups -OCH3 is 2. The number of rotatable bonds is 7. The minimum absolute atomic E-state index is 0.0736. The molecule has 3 N–H and O–H groups in total. The molecule has 3 rings (SSSR count). The molecule has 1 unspecified atom stereocenters. The van der Waals surface area contributed by atoms with E-state index in [-0.39, 0.29) is 30.4 Å². The summed E-state index contributed by atoms with van der Waals surface area (Å²) in [6.07, 6.45) is 2.80. The van der Waals surface area contributed by atoms with E-state index in [9.17, 15) is 14.7 Å². The summed E-state index contributed by atoms with van der Waals surface area (Å²) in [6.45, 7) is 1.69. The molecule has 1 aromatic carbocycles. The third-order valence-corrected chi connectivity index (χ3v) is 5.74. The maximum atomic E-state index is 12.6. The Morgan fingerprint density at radius 3 is 2.69 bits per heavy atom. The third kappa shape index (κ3) is 5.39. The molecule has 1 atom stereocenters. The Hall–Kier alpha value is -2.32. The average molecular weight is 405 g/mol. The lowest BCUT2D eigenvalue weighted by Gasteiger charge is -2.35. The summed E-state index contributed by atoms with van der Waals surface area (Å²) >= 11 is 0. The maximum absolute atomic E-state index is 12.6. The fraction of sp³-hybridized carbons (Fsp3) is 0.619. The molecule has 0 bridgehead atoms. The number of nitrogens with zero attached hydrogens (tertiary/aromatic N) is 1. The summed E-state index contributed by atoms with van der Waals surface area (Å²) in [5.74, 6) is 1.02. The van der Waals surface area contributed by atoms with E-state index >= 15 is 0 Å². The van der Waals surface area contributed by atoms with Gasteiger partial charge in [0.15, 0.2) is 11.5 Å². The second-order valence-electron chi connectivity index (χ2n) is 7.71. The largest absolute Gasteiger partial charge is 0.493 e. The van der Waals surface area contributed by atoms with Crippen LogP contribution in [0.1, 0.15) is 37.7 Å². The molecule has 1 saturated heterocycles. The maximum Gasteiger partial charge on any atom is 0.237 e. The van der Waals surface area contributed by atoms with Gasteiger partial charge >= 0.3 is 0 Å². The minimum Gasteiger partial charge on any atom is -0.493 e. The quantitative estimate of drug-likeness (QED) is 0.621. The molecular formula is C21H31N3O5. The number of piperazine rings is 1. The molecule has 0 radical (unpaired) electrons. The number of carbonyl (C=O) groups is 2. The van der Waals surface area contributed by atoms with Crippen molar-refractivity contribution in [1.29, 1.82) is 0 Å². The molecule has 0 spiro atoms. The Morgan fingerprint density at radius 2 is 2.00 bits per heavy atom. The van der Waals surface area contributed by atoms with Crippen molar-refractivity contribution in [3.63, 3.8) is 0 Å². The van der Waals surface area contributed by atoms with Crippen LogP contribution >= 0.6 is 0 Å². The number of ether oxygens (including phenoxy) is 2. The van der Waals surface area contributed by atoms with Gasteiger partial charge in [0.25, 0.3) is 0 Å². The van der Waals surface area contributed by atoms with E-state index in [0.717, 1.165) is 18.4 Å². The number of benzene rings is 1. The van der Waals surface area contributed by atoms with Crippen LogP contribution in [0.25, 0.3) is 0 Å². The first kappa shape index (κ1) is 21.4. The molecule has 2 amide bonds. The lowest BCUT2D eigenvalue weighted by molar-refractivity contribution is -0.134. The van der Waals surface area contributed by atoms with Crippen molar-refractivity contribution in [2.75, 3.05) is 27.3 Å². The number of amides is 2. The predicted octanol–water partition coefficient (Wildman–Crippen LogP) is 0.814. The number of hydrogen-bond acceptors (Lipinski definition) is 6. The van der Waals surface area contributed by atoms with Crippen LogP contribution in [-0.4, -0.2) is 67.3 Å². The lowest BCUT2D eigenvalue weighted by Crippen LogP contribution is -2.56. The molecule has 1 aliphatic carbocycles. The topological polar surface area (TPSA) is 100 Å². The van der Waals surface area contributed by atoms with Gasteiger partial charge in [-0.2, -0.15) is 0 Å². The highest BCUT2D eigenvalue weighted by molar-refractivity contribution is 5.89. The molecule has 29 heavy (non-hydrogen) atoms. The highest BCUT2D eigenvalue weighted by atomic mass is 16.5. The smallest absolute Gasteiger partial charge is 0.237 e. The molecule has 1 saturated carbocycles. The Bertz CT molecular complexity index is 718. The van der Waals surface area contributed by atoms with Gasteiger partial charge in [0.1, 0.15) is 0 Å². The molecule has 2 aliphatic rings. The fourth-order valence-corrected chi connectivity index (χ4v) is 4.15. The molecule has 1 heterocycles. The second kappa shape index (κ2) is 9.93. The Balaban J connectivity index is 1.66. The van der Waals surface area contributed by atoms with E-state index in [1.807, 2.05) is 23.1 Å². The highest BCUT2D eigenvalue weighted by Crippen LogP contribution is 2.32. The van der Waals surface area contributed by atoms with Crippen LogP contribution < -0.4 is 20.1 Å². The lowest BCUT2D eigenvalue weighted by atomic mass is 9.93. The number of aliphatic hydroxyl groups is 1. The van der Waals surface area contributed by atoms with Gasteiger partial charge in [0, 0.05) is 31.2 Å². The summed E-state index contributed by atoms with van der Waals surface area (Å²) in [5.41, 5.74) is 0.910. The van der Waals surface area contributed by atoms with E-state index in [4.69, 9.17) is 9.47 Å². The molecule has 2 fully saturated rings. The van der Waals surface area contributed by atoms with E-state index in [1.165, 1.54) is 0 Å². The van der Waals surface area contributed by atoms with Crippen molar-refractivity contribution in [1.82, 2.24) is 15.5 Å². The first-order chi connectivity index (χ1) is 14.0. The number of hydrogen-bond donors (Lipinski definition) is 3. The van der Waals surface area contributed by atoms with Crippen LogP contribution in [-0.2, 0) is 16.1 Å². The average Bonchev–Trinajstić information content (AvgIpc) is 2.72. The van der Waals surface area contributed by atoms with Crippen LogP contribution in [0.3, 0.4) is 0 Å². The zero-order valence-electron chi connectivity index (χ0n) is 17.1. The number of carbonyl (C=O) groups excluding carboxylic acids is 2. The fourth-order valence-electron chi connectivity index (χ4n) is 4.15. The molecule has 0 aromatic heterocycles. The van der Waals surface area contributed by atoms with Gasteiger partial charge in [-0.3, -0.25) is 14.5 Å². The SMILES string of the molecule is COc1cccc(CN2CCNC(=O)C2CC(=O)NC2CCC(O)CC2)c1OC. The van der Waals surface area contributed by atoms with Gasteiger partial charge < -0.3 is 25.2 Å². The first-order valence-corrected chi connectivity index (χ1v) is 10.2. The Labute approximate surface area is 171 Å². The molecule has 8 nitrogen and oxygen atoms in total. The molecule has 1 aromatic rings. The Morgan fingerprint density at radius 1 is 1.24 bits per heavy atom. The first-order valence-electron chi connectivity index (χ1n) is 10.2. The van der Waals surface area contributed by atoms with Crippen molar-refractivity contribution in [2.24, 2.45) is 0 Å². The Kier molecular flexibility index (Phi) is 7.33. The van der Waals surface area contributed by atoms with Gasteiger partial charge in [-0.15, -0.1) is 0 Å². The predicted molar refractivity (Wildman–Crippen MR) is 108 cm³/mol. The van der Waals surface area contributed by atoms with Gasteiger partial charge in [0.05, 0.1) is 32.8 Å². The third-order valence-electron chi connectivity index (χ3n) is 5.74. The second-order valence-corrected chi connectivity index (χ2v) is 7.71. The van der Waals surface area contributed by atoms with Crippen LogP contribution in [0.2, 0.25) is 0 Å². The van der Waals surface area contributed by atoms with Gasteiger partial charge in [-0.1, -0.05) is 12.1 Å². The van der Waals surface area contributed by atoms with Crippen molar-refractivity contribution in [2.45, 2.75) is 56.8 Å². The van der Waals surface area contributed by atoms with E-state index < -0.39 is 6.04 Å². The summed E-state index contributed by atoms with van der Waals surface area (Å²) in [5, 5.41) is 15.5. The summed E-state index contributed by atoms with van der Waals surface area (Å²) in [7, 11) is 3.18. The van der Waals surface area contributed by atoms with Crippen molar-refractivity contribution < 1.29 is 24.2 Å². The van der Waals surface area contributed by atoms with E-state index in [2.05, 4.69) is 10.6 Å². The monoisotopic (exact) mass is 405 g/mol. The minimum atomic E-state index is -0.533. The van der Waals surface area contributed by atoms with Crippen molar-refractivity contribution >= 4 is 11.8 Å². The number of aliphatic hydroxyl groups excluding tert-OH is 1. The van der Waals surface area contributed by atoms with Crippen molar-refractivity contribution in [3.8, 4) is 11.5 Å². The highest BCUT2D eigenvalue weighted by Gasteiger charge is 2.33. The standard InChI is InChI=1S/C21H31N3O5/c1-28-18-5-3-4-14(20(18)29-2)13-24-11-10-22-21(27)17(24)12-19(26)23-15-6-8-16(25)9-7-15/h3-5,15-17,25H,6-13H2,1-2H3,(H,22,27)(H,23,26). The van der Waals surface area contributed by atoms with Crippen LogP contribution in [0, 0.1) is 0 Å². The number of para-hydroxylation sites is 1. The van der Waals surface area contributed by atoms with Crippen LogP contribution in [0.15, 0.2) is 18.2 Å². The van der Waals surface area contributed by atoms with Gasteiger partial charge in [-0.25, -0.2) is 0 Å². The van der Waals surface area contributed by atoms with Crippen molar-refractivity contribution in [3.05, 3.63) is 23.8 Å².